The van der Waals surface area contributed by atoms with Gasteiger partial charge in [0, 0.05) is 24.2 Å². The molecule has 144 valence electrons. The van der Waals surface area contributed by atoms with Crippen molar-refractivity contribution in [2.45, 2.75) is 31.9 Å². The number of benzene rings is 2. The monoisotopic (exact) mass is 380 g/mol. The first-order valence-electron chi connectivity index (χ1n) is 8.26. The van der Waals surface area contributed by atoms with Gasteiger partial charge in [-0.25, -0.2) is 4.79 Å². The van der Waals surface area contributed by atoms with Crippen molar-refractivity contribution in [2.75, 3.05) is 10.6 Å². The lowest BCUT2D eigenvalue weighted by molar-refractivity contribution is -0.137. The van der Waals surface area contributed by atoms with Crippen molar-refractivity contribution in [3.05, 3.63) is 59.7 Å². The predicted molar refractivity (Wildman–Crippen MR) is 95.9 cm³/mol. The van der Waals surface area contributed by atoms with Gasteiger partial charge in [0.25, 0.3) is 0 Å². The minimum atomic E-state index is -4.27. The smallest absolute Gasteiger partial charge is 0.389 e. The van der Waals surface area contributed by atoms with E-state index in [1.807, 2.05) is 0 Å². The molecule has 2 aromatic rings. The normalized spacial score (nSPS) is 11.1. The van der Waals surface area contributed by atoms with Gasteiger partial charge in [0.15, 0.2) is 0 Å². The second kappa shape index (κ2) is 9.07. The Balaban J connectivity index is 2.00. The Hall–Kier alpha value is -3.03. The molecule has 0 aliphatic heterocycles. The molecule has 3 N–H and O–H groups in total. The molecule has 27 heavy (non-hydrogen) atoms. The topological polar surface area (TPSA) is 78.4 Å². The van der Waals surface area contributed by atoms with Crippen molar-refractivity contribution in [2.24, 2.45) is 0 Å². The fourth-order valence-corrected chi connectivity index (χ4v) is 2.48. The molecule has 0 unspecified atom stereocenters. The fourth-order valence-electron chi connectivity index (χ4n) is 2.48. The number of anilines is 2. The van der Waals surface area contributed by atoms with Crippen LogP contribution in [0, 0.1) is 0 Å². The number of halogens is 3. The largest absolute Gasteiger partial charge is 0.481 e. The Morgan fingerprint density at radius 2 is 1.70 bits per heavy atom. The van der Waals surface area contributed by atoms with Crippen LogP contribution in [0.15, 0.2) is 48.5 Å². The first-order valence-corrected chi connectivity index (χ1v) is 8.26. The summed E-state index contributed by atoms with van der Waals surface area (Å²) in [4.78, 5) is 22.8. The third kappa shape index (κ3) is 7.39. The number of carboxylic acids is 1. The van der Waals surface area contributed by atoms with Crippen molar-refractivity contribution in [3.63, 3.8) is 0 Å². The number of urea groups is 1. The Labute approximate surface area is 154 Å². The number of aliphatic carboxylic acids is 1. The zero-order valence-corrected chi connectivity index (χ0v) is 14.3. The average molecular weight is 380 g/mol. The van der Waals surface area contributed by atoms with Crippen molar-refractivity contribution < 1.29 is 27.9 Å². The van der Waals surface area contributed by atoms with Crippen LogP contribution in [0.5, 0.6) is 0 Å². The number of carboxylic acid groups (broad SMARTS) is 1. The zero-order chi connectivity index (χ0) is 19.9. The molecule has 0 saturated heterocycles. The van der Waals surface area contributed by atoms with E-state index in [1.165, 1.54) is 12.1 Å². The van der Waals surface area contributed by atoms with Crippen LogP contribution in [0.25, 0.3) is 0 Å². The number of hydrogen-bond donors (Lipinski definition) is 3. The van der Waals surface area contributed by atoms with Crippen LogP contribution in [0.3, 0.4) is 0 Å². The maximum absolute atomic E-state index is 12.4. The van der Waals surface area contributed by atoms with Gasteiger partial charge in [-0.1, -0.05) is 30.3 Å². The zero-order valence-electron chi connectivity index (χ0n) is 14.3. The summed E-state index contributed by atoms with van der Waals surface area (Å²) in [7, 11) is 0. The van der Waals surface area contributed by atoms with Crippen LogP contribution >= 0.6 is 0 Å². The third-order valence-electron chi connectivity index (χ3n) is 3.76. The van der Waals surface area contributed by atoms with Gasteiger partial charge < -0.3 is 15.7 Å². The van der Waals surface area contributed by atoms with Crippen molar-refractivity contribution in [1.29, 1.82) is 0 Å². The molecular weight excluding hydrogens is 361 g/mol. The highest BCUT2D eigenvalue weighted by molar-refractivity contribution is 6.00. The van der Waals surface area contributed by atoms with E-state index in [1.54, 1.807) is 36.4 Å². The van der Waals surface area contributed by atoms with E-state index in [0.29, 0.717) is 23.4 Å². The third-order valence-corrected chi connectivity index (χ3v) is 3.76. The first kappa shape index (κ1) is 20.3. The maximum atomic E-state index is 12.4. The van der Waals surface area contributed by atoms with Crippen molar-refractivity contribution >= 4 is 23.4 Å². The van der Waals surface area contributed by atoms with Gasteiger partial charge in [0.2, 0.25) is 0 Å². The number of rotatable bonds is 7. The highest BCUT2D eigenvalue weighted by atomic mass is 19.4. The number of alkyl halides is 3. The molecule has 2 amide bonds. The highest BCUT2D eigenvalue weighted by Gasteiger charge is 2.27. The molecule has 2 rings (SSSR count). The highest BCUT2D eigenvalue weighted by Crippen LogP contribution is 2.25. The predicted octanol–water partition coefficient (Wildman–Crippen LogP) is 4.84. The van der Waals surface area contributed by atoms with E-state index in [4.69, 9.17) is 5.11 Å². The fraction of sp³-hybridized carbons (Fsp3) is 0.263. The summed E-state index contributed by atoms with van der Waals surface area (Å²) in [5.41, 5.74) is 1.91. The minimum Gasteiger partial charge on any atom is -0.481 e. The summed E-state index contributed by atoms with van der Waals surface area (Å²) in [6, 6.07) is 12.4. The molecule has 0 fully saturated rings. The molecule has 8 heteroatoms. The maximum Gasteiger partial charge on any atom is 0.389 e. The SMILES string of the molecule is O=C(O)CCc1cccc(NC(=O)Nc2ccccc2CCC(F)(F)F)c1. The lowest BCUT2D eigenvalue weighted by Crippen LogP contribution is -2.20. The standard InChI is InChI=1S/C19H19F3N2O3/c20-19(21,22)11-10-14-5-1-2-7-16(14)24-18(27)23-15-6-3-4-13(12-15)8-9-17(25)26/h1-7,12H,8-11H2,(H,25,26)(H2,23,24,27). The van der Waals surface area contributed by atoms with Gasteiger partial charge in [-0.2, -0.15) is 13.2 Å². The van der Waals surface area contributed by atoms with Gasteiger partial charge in [0.05, 0.1) is 0 Å². The number of para-hydroxylation sites is 1. The molecule has 0 bridgehead atoms. The quantitative estimate of drug-likeness (QED) is 0.643. The van der Waals surface area contributed by atoms with Crippen LogP contribution in [-0.2, 0) is 17.6 Å². The summed E-state index contributed by atoms with van der Waals surface area (Å²) in [5, 5.41) is 13.9. The summed E-state index contributed by atoms with van der Waals surface area (Å²) in [6.45, 7) is 0. The molecule has 0 aliphatic carbocycles. The number of nitrogens with one attached hydrogen (secondary N) is 2. The molecule has 0 spiro atoms. The van der Waals surface area contributed by atoms with E-state index in [0.717, 1.165) is 5.56 Å². The van der Waals surface area contributed by atoms with Crippen LogP contribution in [0.1, 0.15) is 24.0 Å². The van der Waals surface area contributed by atoms with Gasteiger partial charge in [-0.3, -0.25) is 4.79 Å². The number of hydrogen-bond acceptors (Lipinski definition) is 2. The molecule has 5 nitrogen and oxygen atoms in total. The second-order valence-corrected chi connectivity index (χ2v) is 5.95. The lowest BCUT2D eigenvalue weighted by atomic mass is 10.1. The van der Waals surface area contributed by atoms with E-state index in [-0.39, 0.29) is 12.8 Å². The molecular formula is C19H19F3N2O3. The number of carbonyl (C=O) groups is 2. The molecule has 0 heterocycles. The van der Waals surface area contributed by atoms with Gasteiger partial charge in [-0.15, -0.1) is 0 Å². The molecule has 2 aromatic carbocycles. The molecule has 0 radical (unpaired) electrons. The first-order chi connectivity index (χ1) is 12.7. The number of carbonyl (C=O) groups excluding carboxylic acids is 1. The summed E-state index contributed by atoms with van der Waals surface area (Å²) in [5.74, 6) is -0.915. The number of amides is 2. The summed E-state index contributed by atoms with van der Waals surface area (Å²) in [6.07, 6.45) is -5.18. The molecule has 0 aromatic heterocycles. The lowest BCUT2D eigenvalue weighted by Gasteiger charge is -2.13. The Kier molecular flexibility index (Phi) is 6.81. The van der Waals surface area contributed by atoms with Crippen LogP contribution < -0.4 is 10.6 Å². The summed E-state index contributed by atoms with van der Waals surface area (Å²) >= 11 is 0. The Morgan fingerprint density at radius 1 is 0.963 bits per heavy atom. The van der Waals surface area contributed by atoms with Gasteiger partial charge >= 0.3 is 18.2 Å². The van der Waals surface area contributed by atoms with Crippen LogP contribution in [-0.4, -0.2) is 23.3 Å². The Morgan fingerprint density at radius 3 is 2.41 bits per heavy atom. The average Bonchev–Trinajstić information content (AvgIpc) is 2.59. The van der Waals surface area contributed by atoms with E-state index in [2.05, 4.69) is 10.6 Å². The summed E-state index contributed by atoms with van der Waals surface area (Å²) < 4.78 is 37.3. The van der Waals surface area contributed by atoms with Gasteiger partial charge in [-0.05, 0) is 42.2 Å². The van der Waals surface area contributed by atoms with Gasteiger partial charge in [0.1, 0.15) is 0 Å². The number of aryl methyl sites for hydroxylation is 2. The van der Waals surface area contributed by atoms with E-state index < -0.39 is 24.6 Å². The van der Waals surface area contributed by atoms with Crippen LogP contribution in [0.4, 0.5) is 29.3 Å². The minimum absolute atomic E-state index is 0.0256. The van der Waals surface area contributed by atoms with Crippen molar-refractivity contribution in [3.8, 4) is 0 Å². The van der Waals surface area contributed by atoms with Crippen molar-refractivity contribution in [1.82, 2.24) is 0 Å². The van der Waals surface area contributed by atoms with Crippen LogP contribution in [0.2, 0.25) is 0 Å². The molecule has 0 atom stereocenters. The Bertz CT molecular complexity index is 807. The van der Waals surface area contributed by atoms with E-state index >= 15 is 0 Å². The molecule has 0 saturated carbocycles. The second-order valence-electron chi connectivity index (χ2n) is 5.95. The molecule has 0 aliphatic rings. The van der Waals surface area contributed by atoms with E-state index in [9.17, 15) is 22.8 Å².